The summed E-state index contributed by atoms with van der Waals surface area (Å²) in [7, 11) is 0. The highest BCUT2D eigenvalue weighted by atomic mass is 35.5. The minimum absolute atomic E-state index is 0.189. The van der Waals surface area contributed by atoms with Crippen molar-refractivity contribution in [3.63, 3.8) is 0 Å². The summed E-state index contributed by atoms with van der Waals surface area (Å²) in [6.45, 7) is 5.89. The fourth-order valence-electron chi connectivity index (χ4n) is 1.14. The van der Waals surface area contributed by atoms with E-state index in [1.165, 1.54) is 0 Å². The van der Waals surface area contributed by atoms with Gasteiger partial charge in [-0.15, -0.1) is 11.6 Å². The van der Waals surface area contributed by atoms with E-state index in [1.54, 1.807) is 0 Å². The maximum absolute atomic E-state index is 11.4. The second kappa shape index (κ2) is 7.41. The number of hydrogen-bond acceptors (Lipinski definition) is 1. The van der Waals surface area contributed by atoms with E-state index in [2.05, 4.69) is 13.8 Å². The molecule has 0 aliphatic heterocycles. The second-order valence-corrected chi connectivity index (χ2v) is 3.20. The van der Waals surface area contributed by atoms with Gasteiger partial charge in [0.2, 0.25) is 5.91 Å². The SMILES string of the molecule is CCCN(CCC)C(=O)CCCl. The van der Waals surface area contributed by atoms with Crippen molar-refractivity contribution < 1.29 is 4.79 Å². The van der Waals surface area contributed by atoms with Crippen molar-refractivity contribution in [3.8, 4) is 0 Å². The van der Waals surface area contributed by atoms with Crippen LogP contribution in [0.3, 0.4) is 0 Å². The predicted molar refractivity (Wildman–Crippen MR) is 52.5 cm³/mol. The van der Waals surface area contributed by atoms with E-state index in [4.69, 9.17) is 11.6 Å². The third-order valence-corrected chi connectivity index (χ3v) is 1.84. The molecule has 72 valence electrons. The molecule has 0 unspecified atom stereocenters. The average Bonchev–Trinajstić information content (AvgIpc) is 2.04. The molecule has 0 saturated heterocycles. The van der Waals surface area contributed by atoms with Gasteiger partial charge in [-0.05, 0) is 12.8 Å². The lowest BCUT2D eigenvalue weighted by Crippen LogP contribution is -2.32. The van der Waals surface area contributed by atoms with Gasteiger partial charge in [-0.1, -0.05) is 13.8 Å². The number of nitrogens with zero attached hydrogens (tertiary/aromatic N) is 1. The van der Waals surface area contributed by atoms with Crippen LogP contribution in [-0.4, -0.2) is 29.8 Å². The monoisotopic (exact) mass is 191 g/mol. The van der Waals surface area contributed by atoms with Gasteiger partial charge in [-0.2, -0.15) is 0 Å². The molecule has 1 amide bonds. The fraction of sp³-hybridized carbons (Fsp3) is 0.889. The summed E-state index contributed by atoms with van der Waals surface area (Å²) in [5.74, 6) is 0.622. The summed E-state index contributed by atoms with van der Waals surface area (Å²) in [6, 6.07) is 0. The molecule has 0 aromatic heterocycles. The van der Waals surface area contributed by atoms with E-state index in [-0.39, 0.29) is 5.91 Å². The van der Waals surface area contributed by atoms with E-state index in [9.17, 15) is 4.79 Å². The number of carbonyl (C=O) groups is 1. The van der Waals surface area contributed by atoms with Crippen LogP contribution in [-0.2, 0) is 4.79 Å². The standard InChI is InChI=1S/C9H18ClNO/c1-3-7-11(8-4-2)9(12)5-6-10/h3-8H2,1-2H3. The van der Waals surface area contributed by atoms with Crippen molar-refractivity contribution in [2.75, 3.05) is 19.0 Å². The smallest absolute Gasteiger partial charge is 0.223 e. The van der Waals surface area contributed by atoms with Gasteiger partial charge in [-0.3, -0.25) is 4.79 Å². The number of rotatable bonds is 6. The Morgan fingerprint density at radius 1 is 1.25 bits per heavy atom. The molecule has 0 N–H and O–H groups in total. The van der Waals surface area contributed by atoms with Crippen LogP contribution in [0.15, 0.2) is 0 Å². The van der Waals surface area contributed by atoms with Crippen molar-refractivity contribution in [2.24, 2.45) is 0 Å². The lowest BCUT2D eigenvalue weighted by atomic mass is 10.3. The van der Waals surface area contributed by atoms with Crippen molar-refractivity contribution in [3.05, 3.63) is 0 Å². The molecular weight excluding hydrogens is 174 g/mol. The average molecular weight is 192 g/mol. The Morgan fingerprint density at radius 3 is 2.08 bits per heavy atom. The zero-order valence-corrected chi connectivity index (χ0v) is 8.73. The maximum atomic E-state index is 11.4. The molecule has 0 atom stereocenters. The van der Waals surface area contributed by atoms with Crippen molar-refractivity contribution >= 4 is 17.5 Å². The number of hydrogen-bond donors (Lipinski definition) is 0. The zero-order valence-electron chi connectivity index (χ0n) is 7.98. The number of halogens is 1. The Morgan fingerprint density at radius 2 is 1.75 bits per heavy atom. The van der Waals surface area contributed by atoms with Gasteiger partial charge in [0.05, 0.1) is 0 Å². The number of carbonyl (C=O) groups excluding carboxylic acids is 1. The van der Waals surface area contributed by atoms with Crippen LogP contribution in [0, 0.1) is 0 Å². The highest BCUT2D eigenvalue weighted by Gasteiger charge is 2.09. The Bertz CT molecular complexity index is 122. The summed E-state index contributed by atoms with van der Waals surface area (Å²) in [4.78, 5) is 13.3. The molecule has 0 aliphatic carbocycles. The van der Waals surface area contributed by atoms with Crippen LogP contribution < -0.4 is 0 Å². The van der Waals surface area contributed by atoms with Crippen molar-refractivity contribution in [2.45, 2.75) is 33.1 Å². The highest BCUT2D eigenvalue weighted by molar-refractivity contribution is 6.18. The lowest BCUT2D eigenvalue weighted by molar-refractivity contribution is -0.130. The summed E-state index contributed by atoms with van der Waals surface area (Å²) >= 11 is 5.49. The molecule has 0 rings (SSSR count). The van der Waals surface area contributed by atoms with Gasteiger partial charge < -0.3 is 4.90 Å². The third-order valence-electron chi connectivity index (χ3n) is 1.65. The molecule has 0 radical (unpaired) electrons. The molecule has 0 fully saturated rings. The van der Waals surface area contributed by atoms with E-state index in [1.807, 2.05) is 4.90 Å². The summed E-state index contributed by atoms with van der Waals surface area (Å²) in [6.07, 6.45) is 2.52. The van der Waals surface area contributed by atoms with E-state index < -0.39 is 0 Å². The number of amides is 1. The van der Waals surface area contributed by atoms with Gasteiger partial charge in [0.25, 0.3) is 0 Å². The Hall–Kier alpha value is -0.240. The molecule has 3 heteroatoms. The van der Waals surface area contributed by atoms with Crippen LogP contribution in [0.5, 0.6) is 0 Å². The quantitative estimate of drug-likeness (QED) is 0.590. The Balaban J connectivity index is 3.81. The van der Waals surface area contributed by atoms with E-state index >= 15 is 0 Å². The minimum Gasteiger partial charge on any atom is -0.343 e. The fourth-order valence-corrected chi connectivity index (χ4v) is 1.30. The van der Waals surface area contributed by atoms with Gasteiger partial charge in [-0.25, -0.2) is 0 Å². The summed E-state index contributed by atoms with van der Waals surface area (Å²) in [5, 5.41) is 0. The summed E-state index contributed by atoms with van der Waals surface area (Å²) in [5.41, 5.74) is 0. The normalized spacial score (nSPS) is 9.92. The minimum atomic E-state index is 0.189. The topological polar surface area (TPSA) is 20.3 Å². The summed E-state index contributed by atoms with van der Waals surface area (Å²) < 4.78 is 0. The van der Waals surface area contributed by atoms with Gasteiger partial charge in [0.1, 0.15) is 0 Å². The maximum Gasteiger partial charge on any atom is 0.223 e. The molecule has 12 heavy (non-hydrogen) atoms. The Kier molecular flexibility index (Phi) is 7.26. The Labute approximate surface area is 79.9 Å². The van der Waals surface area contributed by atoms with Crippen LogP contribution >= 0.6 is 11.6 Å². The van der Waals surface area contributed by atoms with E-state index in [0.717, 1.165) is 25.9 Å². The van der Waals surface area contributed by atoms with Crippen LogP contribution in [0.1, 0.15) is 33.1 Å². The van der Waals surface area contributed by atoms with Gasteiger partial charge >= 0.3 is 0 Å². The molecule has 0 aliphatic rings. The number of alkyl halides is 1. The zero-order chi connectivity index (χ0) is 9.40. The predicted octanol–water partition coefficient (Wildman–Crippen LogP) is 2.26. The molecule has 2 nitrogen and oxygen atoms in total. The molecule has 0 saturated carbocycles. The first-order chi connectivity index (χ1) is 5.76. The third kappa shape index (κ3) is 4.60. The molecule has 0 aromatic carbocycles. The second-order valence-electron chi connectivity index (χ2n) is 2.82. The first kappa shape index (κ1) is 11.8. The first-order valence-corrected chi connectivity index (χ1v) is 5.13. The van der Waals surface area contributed by atoms with Gasteiger partial charge in [0, 0.05) is 25.4 Å². The largest absolute Gasteiger partial charge is 0.343 e. The lowest BCUT2D eigenvalue weighted by Gasteiger charge is -2.20. The molecule has 0 spiro atoms. The van der Waals surface area contributed by atoms with Crippen molar-refractivity contribution in [1.82, 2.24) is 4.90 Å². The van der Waals surface area contributed by atoms with Crippen LogP contribution in [0.4, 0.5) is 0 Å². The first-order valence-electron chi connectivity index (χ1n) is 4.60. The van der Waals surface area contributed by atoms with E-state index in [0.29, 0.717) is 12.3 Å². The molecule has 0 bridgehead atoms. The molecule has 0 heterocycles. The molecular formula is C9H18ClNO. The molecule has 0 aromatic rings. The van der Waals surface area contributed by atoms with Gasteiger partial charge in [0.15, 0.2) is 0 Å². The van der Waals surface area contributed by atoms with Crippen LogP contribution in [0.25, 0.3) is 0 Å². The highest BCUT2D eigenvalue weighted by Crippen LogP contribution is 1.99. The van der Waals surface area contributed by atoms with Crippen molar-refractivity contribution in [1.29, 1.82) is 0 Å². The van der Waals surface area contributed by atoms with Crippen LogP contribution in [0.2, 0.25) is 0 Å².